The number of hydrogen-bond donors (Lipinski definition) is 3. The van der Waals surface area contributed by atoms with E-state index in [9.17, 15) is 24.3 Å². The molecule has 206 valence electrons. The van der Waals surface area contributed by atoms with Gasteiger partial charge in [0.1, 0.15) is 30.0 Å². The SMILES string of the molecule is COC(=O)CNC(=O)C(c1ccccc1O)N(C(=O)C(Cc1ccccc1)NC(=O)OC(C)(C)C)C(C)C. The van der Waals surface area contributed by atoms with E-state index in [4.69, 9.17) is 4.74 Å². The van der Waals surface area contributed by atoms with Gasteiger partial charge in [-0.25, -0.2) is 4.79 Å². The number of methoxy groups -OCH3 is 1. The Hall–Kier alpha value is -4.08. The van der Waals surface area contributed by atoms with Crippen LogP contribution in [0.15, 0.2) is 54.6 Å². The summed E-state index contributed by atoms with van der Waals surface area (Å²) in [5.41, 5.74) is 0.140. The maximum absolute atomic E-state index is 14.1. The summed E-state index contributed by atoms with van der Waals surface area (Å²) in [7, 11) is 1.19. The molecule has 0 aliphatic rings. The number of nitrogens with zero attached hydrogens (tertiary/aromatic N) is 1. The van der Waals surface area contributed by atoms with E-state index in [0.717, 1.165) is 5.56 Å². The summed E-state index contributed by atoms with van der Waals surface area (Å²) in [6, 6.07) is 12.3. The second-order valence-electron chi connectivity index (χ2n) is 9.98. The summed E-state index contributed by atoms with van der Waals surface area (Å²) in [6.07, 6.45) is -0.663. The number of esters is 1. The van der Waals surface area contributed by atoms with Crippen molar-refractivity contribution in [3.05, 3.63) is 65.7 Å². The first-order valence-electron chi connectivity index (χ1n) is 12.3. The number of carbonyl (C=O) groups is 4. The predicted octanol–water partition coefficient (Wildman–Crippen LogP) is 3.10. The third kappa shape index (κ3) is 8.79. The van der Waals surface area contributed by atoms with Crippen LogP contribution in [-0.4, -0.2) is 65.2 Å². The van der Waals surface area contributed by atoms with E-state index >= 15 is 0 Å². The maximum Gasteiger partial charge on any atom is 0.408 e. The molecule has 0 aliphatic carbocycles. The molecule has 38 heavy (non-hydrogen) atoms. The summed E-state index contributed by atoms with van der Waals surface area (Å²) in [5, 5.41) is 15.7. The lowest BCUT2D eigenvalue weighted by Crippen LogP contribution is -2.56. The second-order valence-corrected chi connectivity index (χ2v) is 9.98. The highest BCUT2D eigenvalue weighted by Crippen LogP contribution is 2.31. The predicted molar refractivity (Wildman–Crippen MR) is 141 cm³/mol. The fourth-order valence-corrected chi connectivity index (χ4v) is 3.82. The molecule has 0 radical (unpaired) electrons. The second kappa shape index (κ2) is 13.5. The van der Waals surface area contributed by atoms with E-state index in [1.54, 1.807) is 46.8 Å². The zero-order valence-corrected chi connectivity index (χ0v) is 22.7. The van der Waals surface area contributed by atoms with Gasteiger partial charge in [-0.05, 0) is 46.2 Å². The quantitative estimate of drug-likeness (QED) is 0.404. The van der Waals surface area contributed by atoms with Crippen LogP contribution in [-0.2, 0) is 30.3 Å². The van der Waals surface area contributed by atoms with Gasteiger partial charge in [-0.2, -0.15) is 0 Å². The minimum atomic E-state index is -1.31. The molecule has 0 bridgehead atoms. The number of nitrogens with one attached hydrogen (secondary N) is 2. The van der Waals surface area contributed by atoms with E-state index in [2.05, 4.69) is 15.4 Å². The average Bonchev–Trinajstić information content (AvgIpc) is 2.84. The maximum atomic E-state index is 14.1. The van der Waals surface area contributed by atoms with E-state index in [-0.39, 0.29) is 17.7 Å². The highest BCUT2D eigenvalue weighted by Gasteiger charge is 2.39. The third-order valence-electron chi connectivity index (χ3n) is 5.48. The molecule has 2 rings (SSSR count). The lowest BCUT2D eigenvalue weighted by Gasteiger charge is -2.37. The molecule has 0 aromatic heterocycles. The monoisotopic (exact) mass is 527 g/mol. The number of rotatable bonds is 10. The minimum absolute atomic E-state index is 0.124. The van der Waals surface area contributed by atoms with E-state index in [1.807, 2.05) is 30.3 Å². The smallest absolute Gasteiger partial charge is 0.408 e. The molecule has 2 unspecified atom stereocenters. The van der Waals surface area contributed by atoms with Crippen molar-refractivity contribution >= 4 is 23.9 Å². The molecule has 3 N–H and O–H groups in total. The lowest BCUT2D eigenvalue weighted by atomic mass is 9.98. The van der Waals surface area contributed by atoms with Crippen molar-refractivity contribution < 1.29 is 33.8 Å². The molecule has 0 aliphatic heterocycles. The summed E-state index contributed by atoms with van der Waals surface area (Å²) >= 11 is 0. The van der Waals surface area contributed by atoms with E-state index < -0.39 is 54.1 Å². The lowest BCUT2D eigenvalue weighted by molar-refractivity contribution is -0.146. The number of benzene rings is 2. The van der Waals surface area contributed by atoms with Gasteiger partial charge in [-0.1, -0.05) is 48.5 Å². The van der Waals surface area contributed by atoms with Crippen LogP contribution in [0.3, 0.4) is 0 Å². The molecule has 0 saturated heterocycles. The molecule has 2 aromatic carbocycles. The van der Waals surface area contributed by atoms with Crippen LogP contribution in [0.1, 0.15) is 51.8 Å². The van der Waals surface area contributed by atoms with Gasteiger partial charge in [-0.15, -0.1) is 0 Å². The molecule has 0 fully saturated rings. The first kappa shape index (κ1) is 30.1. The summed E-state index contributed by atoms with van der Waals surface area (Å²) in [6.45, 7) is 8.13. The van der Waals surface area contributed by atoms with Crippen LogP contribution in [0.2, 0.25) is 0 Å². The number of amides is 3. The Morgan fingerprint density at radius 3 is 2.13 bits per heavy atom. The van der Waals surface area contributed by atoms with Gasteiger partial charge < -0.3 is 30.1 Å². The Morgan fingerprint density at radius 1 is 0.974 bits per heavy atom. The van der Waals surface area contributed by atoms with Crippen molar-refractivity contribution in [3.8, 4) is 5.75 Å². The molecule has 0 heterocycles. The zero-order valence-electron chi connectivity index (χ0n) is 22.7. The van der Waals surface area contributed by atoms with Crippen LogP contribution in [0.4, 0.5) is 4.79 Å². The number of hydrogen-bond acceptors (Lipinski definition) is 7. The first-order chi connectivity index (χ1) is 17.8. The Kier molecular flexibility index (Phi) is 10.7. The Morgan fingerprint density at radius 2 is 1.58 bits per heavy atom. The van der Waals surface area contributed by atoms with Crippen LogP contribution in [0.25, 0.3) is 0 Å². The van der Waals surface area contributed by atoms with Gasteiger partial charge in [-0.3, -0.25) is 14.4 Å². The van der Waals surface area contributed by atoms with Gasteiger partial charge in [0, 0.05) is 18.0 Å². The molecular formula is C28H37N3O7. The third-order valence-corrected chi connectivity index (χ3v) is 5.48. The fourth-order valence-electron chi connectivity index (χ4n) is 3.82. The minimum Gasteiger partial charge on any atom is -0.508 e. The number of phenolic OH excluding ortho intramolecular Hbond substituents is 1. The van der Waals surface area contributed by atoms with Crippen LogP contribution in [0.5, 0.6) is 5.75 Å². The van der Waals surface area contributed by atoms with Gasteiger partial charge in [0.25, 0.3) is 0 Å². The van der Waals surface area contributed by atoms with Crippen molar-refractivity contribution in [2.24, 2.45) is 0 Å². The number of phenols is 1. The number of alkyl carbamates (subject to hydrolysis) is 1. The first-order valence-corrected chi connectivity index (χ1v) is 12.3. The average molecular weight is 528 g/mol. The van der Waals surface area contributed by atoms with Crippen molar-refractivity contribution in [3.63, 3.8) is 0 Å². The number of para-hydroxylation sites is 1. The van der Waals surface area contributed by atoms with Gasteiger partial charge >= 0.3 is 12.1 Å². The van der Waals surface area contributed by atoms with Crippen LogP contribution < -0.4 is 10.6 Å². The molecule has 0 saturated carbocycles. The standard InChI is InChI=1S/C28H37N3O7/c1-18(2)31(24(20-14-10-11-15-22(20)32)25(34)29-17-23(33)37-6)26(35)21(16-19-12-8-7-9-13-19)30-27(36)38-28(3,4)5/h7-15,18,21,24,32H,16-17H2,1-6H3,(H,29,34)(H,30,36). The zero-order chi connectivity index (χ0) is 28.5. The Bertz CT molecular complexity index is 1110. The van der Waals surface area contributed by atoms with Crippen molar-refractivity contribution in [2.75, 3.05) is 13.7 Å². The largest absolute Gasteiger partial charge is 0.508 e. The highest BCUT2D eigenvalue weighted by molar-refractivity contribution is 5.94. The molecule has 0 spiro atoms. The fraction of sp³-hybridized carbons (Fsp3) is 0.429. The summed E-state index contributed by atoms with van der Waals surface area (Å²) < 4.78 is 10.0. The van der Waals surface area contributed by atoms with Gasteiger partial charge in [0.2, 0.25) is 11.8 Å². The van der Waals surface area contributed by atoms with E-state index in [1.165, 1.54) is 24.1 Å². The van der Waals surface area contributed by atoms with E-state index in [0.29, 0.717) is 0 Å². The Labute approximate surface area is 223 Å². The van der Waals surface area contributed by atoms with Crippen LogP contribution in [0, 0.1) is 0 Å². The Balaban J connectivity index is 2.53. The summed E-state index contributed by atoms with van der Waals surface area (Å²) in [4.78, 5) is 53.2. The molecular weight excluding hydrogens is 490 g/mol. The normalized spacial score (nSPS) is 12.7. The number of ether oxygens (including phenoxy) is 2. The molecule has 2 atom stereocenters. The summed E-state index contributed by atoms with van der Waals surface area (Å²) in [5.74, 6) is -2.15. The van der Waals surface area contributed by atoms with Crippen molar-refractivity contribution in [1.29, 1.82) is 0 Å². The number of aromatic hydroxyl groups is 1. The van der Waals surface area contributed by atoms with Gasteiger partial charge in [0.05, 0.1) is 7.11 Å². The van der Waals surface area contributed by atoms with Gasteiger partial charge in [0.15, 0.2) is 0 Å². The number of carbonyl (C=O) groups excluding carboxylic acids is 4. The molecule has 2 aromatic rings. The topological polar surface area (TPSA) is 134 Å². The van der Waals surface area contributed by atoms with Crippen molar-refractivity contribution in [1.82, 2.24) is 15.5 Å². The van der Waals surface area contributed by atoms with Crippen LogP contribution >= 0.6 is 0 Å². The molecule has 10 nitrogen and oxygen atoms in total. The van der Waals surface area contributed by atoms with Crippen molar-refractivity contribution in [2.45, 2.75) is 64.8 Å². The molecule has 3 amide bonds. The highest BCUT2D eigenvalue weighted by atomic mass is 16.6. The molecule has 10 heteroatoms.